The van der Waals surface area contributed by atoms with Gasteiger partial charge in [0.2, 0.25) is 5.01 Å². The number of ether oxygens (including phenoxy) is 2. The van der Waals surface area contributed by atoms with Crippen LogP contribution in [-0.2, 0) is 11.2 Å². The molecule has 2 rings (SSSR count). The van der Waals surface area contributed by atoms with Gasteiger partial charge in [0, 0.05) is 0 Å². The minimum Gasteiger partial charge on any atom is -0.461 e. The van der Waals surface area contributed by atoms with E-state index < -0.39 is 5.97 Å². The van der Waals surface area contributed by atoms with Crippen molar-refractivity contribution < 1.29 is 14.3 Å². The molecule has 6 nitrogen and oxygen atoms in total. The van der Waals surface area contributed by atoms with Gasteiger partial charge in [-0.3, -0.25) is 0 Å². The van der Waals surface area contributed by atoms with Gasteiger partial charge in [-0.15, -0.1) is 5.10 Å². The fraction of sp³-hybridized carbons (Fsp3) is 0.231. The normalized spacial score (nSPS) is 9.80. The summed E-state index contributed by atoms with van der Waals surface area (Å²) in [5, 5.41) is 16.5. The predicted molar refractivity (Wildman–Crippen MR) is 71.7 cm³/mol. The van der Waals surface area contributed by atoms with Gasteiger partial charge in [-0.05, 0) is 36.0 Å². The van der Waals surface area contributed by atoms with Gasteiger partial charge >= 0.3 is 5.97 Å². The average Bonchev–Trinajstić information content (AvgIpc) is 2.90. The summed E-state index contributed by atoms with van der Waals surface area (Å²) in [5.41, 5.74) is 0.907. The Balaban J connectivity index is 2.03. The molecule has 0 spiro atoms. The number of nitrogens with zero attached hydrogens (tertiary/aromatic N) is 3. The first-order valence-corrected chi connectivity index (χ1v) is 6.69. The standard InChI is InChI=1S/C13H11N3O3S/c1-2-18-12(17)11-15-16-13(20-11)19-10-5-3-9(4-6-10)7-8-14/h3-6H,2,7H2,1H3. The summed E-state index contributed by atoms with van der Waals surface area (Å²) in [5.74, 6) is 0.0578. The van der Waals surface area contributed by atoms with Crippen LogP contribution in [0, 0.1) is 11.3 Å². The molecule has 0 amide bonds. The molecule has 0 fully saturated rings. The maximum Gasteiger partial charge on any atom is 0.369 e. The zero-order valence-corrected chi connectivity index (χ0v) is 11.5. The number of esters is 1. The molecule has 1 aromatic heterocycles. The number of aromatic nitrogens is 2. The molecular weight excluding hydrogens is 278 g/mol. The van der Waals surface area contributed by atoms with E-state index in [4.69, 9.17) is 14.7 Å². The Labute approximate surface area is 119 Å². The van der Waals surface area contributed by atoms with Crippen LogP contribution in [0.25, 0.3) is 0 Å². The lowest BCUT2D eigenvalue weighted by molar-refractivity contribution is 0.0525. The molecule has 0 saturated carbocycles. The van der Waals surface area contributed by atoms with Crippen molar-refractivity contribution in [1.29, 1.82) is 5.26 Å². The highest BCUT2D eigenvalue weighted by Crippen LogP contribution is 2.25. The molecule has 2 aromatic rings. The molecular formula is C13H11N3O3S. The van der Waals surface area contributed by atoms with Crippen LogP contribution in [0.4, 0.5) is 0 Å². The molecule has 20 heavy (non-hydrogen) atoms. The Morgan fingerprint density at radius 3 is 2.75 bits per heavy atom. The van der Waals surface area contributed by atoms with Gasteiger partial charge in [0.05, 0.1) is 19.1 Å². The summed E-state index contributed by atoms with van der Waals surface area (Å²) in [6, 6.07) is 9.13. The third-order valence-electron chi connectivity index (χ3n) is 2.27. The van der Waals surface area contributed by atoms with Crippen molar-refractivity contribution in [3.8, 4) is 17.0 Å². The first-order chi connectivity index (χ1) is 9.72. The van der Waals surface area contributed by atoms with E-state index in [1.807, 2.05) is 0 Å². The molecule has 0 saturated heterocycles. The third-order valence-corrected chi connectivity index (χ3v) is 3.05. The number of rotatable bonds is 5. The van der Waals surface area contributed by atoms with Crippen LogP contribution in [0.1, 0.15) is 22.3 Å². The molecule has 1 aromatic carbocycles. The first kappa shape index (κ1) is 14.0. The average molecular weight is 289 g/mol. The van der Waals surface area contributed by atoms with Crippen molar-refractivity contribution in [3.63, 3.8) is 0 Å². The quantitative estimate of drug-likeness (QED) is 0.786. The fourth-order valence-corrected chi connectivity index (χ4v) is 2.00. The highest BCUT2D eigenvalue weighted by Gasteiger charge is 2.14. The van der Waals surface area contributed by atoms with Crippen LogP contribution in [-0.4, -0.2) is 22.8 Å². The van der Waals surface area contributed by atoms with Gasteiger partial charge in [0.25, 0.3) is 5.19 Å². The van der Waals surface area contributed by atoms with Gasteiger partial charge in [0.1, 0.15) is 5.75 Å². The maximum atomic E-state index is 11.4. The van der Waals surface area contributed by atoms with Gasteiger partial charge in [-0.25, -0.2) is 4.79 Å². The Morgan fingerprint density at radius 2 is 2.10 bits per heavy atom. The van der Waals surface area contributed by atoms with E-state index in [1.165, 1.54) is 0 Å². The lowest BCUT2D eigenvalue weighted by Crippen LogP contribution is -2.03. The number of benzene rings is 1. The molecule has 0 N–H and O–H groups in total. The van der Waals surface area contributed by atoms with Gasteiger partial charge < -0.3 is 9.47 Å². The van der Waals surface area contributed by atoms with Gasteiger partial charge in [-0.2, -0.15) is 5.26 Å². The molecule has 0 bridgehead atoms. The van der Waals surface area contributed by atoms with Crippen LogP contribution in [0.3, 0.4) is 0 Å². The van der Waals surface area contributed by atoms with Crippen LogP contribution < -0.4 is 4.74 Å². The number of carbonyl (C=O) groups is 1. The van der Waals surface area contributed by atoms with Crippen LogP contribution in [0.2, 0.25) is 0 Å². The SMILES string of the molecule is CCOC(=O)c1nnc(Oc2ccc(CC#N)cc2)s1. The predicted octanol–water partition coefficient (Wildman–Crippen LogP) is 2.57. The van der Waals surface area contributed by atoms with Gasteiger partial charge in [-0.1, -0.05) is 17.2 Å². The number of carbonyl (C=O) groups excluding carboxylic acids is 1. The Morgan fingerprint density at radius 1 is 1.35 bits per heavy atom. The molecule has 7 heteroatoms. The monoisotopic (exact) mass is 289 g/mol. The minimum absolute atomic E-state index is 0.156. The molecule has 0 aliphatic rings. The number of hydrogen-bond donors (Lipinski definition) is 0. The highest BCUT2D eigenvalue weighted by molar-refractivity contribution is 7.14. The molecule has 0 radical (unpaired) electrons. The molecule has 0 aliphatic carbocycles. The summed E-state index contributed by atoms with van der Waals surface area (Å²) >= 11 is 1.02. The van der Waals surface area contributed by atoms with Crippen molar-refractivity contribution >= 4 is 17.3 Å². The van der Waals surface area contributed by atoms with Crippen LogP contribution in [0.15, 0.2) is 24.3 Å². The molecule has 1 heterocycles. The van der Waals surface area contributed by atoms with E-state index in [-0.39, 0.29) is 16.8 Å². The zero-order chi connectivity index (χ0) is 14.4. The minimum atomic E-state index is -0.510. The molecule has 0 aliphatic heterocycles. The highest BCUT2D eigenvalue weighted by atomic mass is 32.1. The Bertz CT molecular complexity index is 631. The molecule has 102 valence electrons. The second kappa shape index (κ2) is 6.63. The van der Waals surface area contributed by atoms with Crippen molar-refractivity contribution in [2.24, 2.45) is 0 Å². The lowest BCUT2D eigenvalue weighted by atomic mass is 10.2. The van der Waals surface area contributed by atoms with Gasteiger partial charge in [0.15, 0.2) is 0 Å². The Hall–Kier alpha value is -2.46. The zero-order valence-electron chi connectivity index (χ0n) is 10.7. The van der Waals surface area contributed by atoms with Crippen molar-refractivity contribution in [2.45, 2.75) is 13.3 Å². The largest absolute Gasteiger partial charge is 0.461 e. The second-order valence-electron chi connectivity index (χ2n) is 3.67. The first-order valence-electron chi connectivity index (χ1n) is 5.87. The molecule has 0 atom stereocenters. The summed E-state index contributed by atoms with van der Waals surface area (Å²) in [7, 11) is 0. The van der Waals surface area contributed by atoms with E-state index in [9.17, 15) is 4.79 Å². The third kappa shape index (κ3) is 3.52. The topological polar surface area (TPSA) is 85.1 Å². The summed E-state index contributed by atoms with van der Waals surface area (Å²) in [4.78, 5) is 11.4. The van der Waals surface area contributed by atoms with Crippen molar-refractivity contribution in [2.75, 3.05) is 6.61 Å². The van der Waals surface area contributed by atoms with E-state index in [2.05, 4.69) is 16.3 Å². The fourth-order valence-electron chi connectivity index (χ4n) is 1.39. The van der Waals surface area contributed by atoms with Crippen molar-refractivity contribution in [3.05, 3.63) is 34.8 Å². The van der Waals surface area contributed by atoms with Crippen LogP contribution in [0.5, 0.6) is 10.9 Å². The molecule has 0 unspecified atom stereocenters. The number of nitriles is 1. The van der Waals surface area contributed by atoms with E-state index in [0.29, 0.717) is 12.2 Å². The lowest BCUT2D eigenvalue weighted by Gasteiger charge is -2.01. The summed E-state index contributed by atoms with van der Waals surface area (Å²) in [6.07, 6.45) is 0.353. The maximum absolute atomic E-state index is 11.4. The Kier molecular flexibility index (Phi) is 4.63. The smallest absolute Gasteiger partial charge is 0.369 e. The van der Waals surface area contributed by atoms with E-state index in [1.54, 1.807) is 31.2 Å². The summed E-state index contributed by atoms with van der Waals surface area (Å²) in [6.45, 7) is 2.01. The van der Waals surface area contributed by atoms with Crippen molar-refractivity contribution in [1.82, 2.24) is 10.2 Å². The summed E-state index contributed by atoms with van der Waals surface area (Å²) < 4.78 is 10.3. The second-order valence-corrected chi connectivity index (χ2v) is 4.61. The van der Waals surface area contributed by atoms with Crippen LogP contribution >= 0.6 is 11.3 Å². The van der Waals surface area contributed by atoms with E-state index in [0.717, 1.165) is 16.9 Å². The number of hydrogen-bond acceptors (Lipinski definition) is 7. The van der Waals surface area contributed by atoms with E-state index >= 15 is 0 Å².